The summed E-state index contributed by atoms with van der Waals surface area (Å²) in [7, 11) is 3.69. The van der Waals surface area contributed by atoms with E-state index in [9.17, 15) is 4.79 Å². The van der Waals surface area contributed by atoms with E-state index in [1.54, 1.807) is 23.3 Å². The highest BCUT2D eigenvalue weighted by molar-refractivity contribution is 7.09. The average Bonchev–Trinajstić information content (AvgIpc) is 2.86. The van der Waals surface area contributed by atoms with Crippen molar-refractivity contribution < 1.29 is 4.79 Å². The first-order chi connectivity index (χ1) is 8.63. The minimum atomic E-state index is 0.0685. The largest absolute Gasteiger partial charge is 0.344 e. The lowest BCUT2D eigenvalue weighted by Gasteiger charge is -2.20. The summed E-state index contributed by atoms with van der Waals surface area (Å²) in [5.41, 5.74) is 0. The number of carbonyl (C=O) groups is 1. The molecule has 1 amide bonds. The van der Waals surface area contributed by atoms with E-state index in [1.165, 1.54) is 4.88 Å². The number of rotatable bonds is 7. The zero-order valence-electron chi connectivity index (χ0n) is 10.9. The van der Waals surface area contributed by atoms with Crippen LogP contribution in [0.5, 0.6) is 0 Å². The molecule has 18 heavy (non-hydrogen) atoms. The third-order valence-corrected chi connectivity index (χ3v) is 3.65. The van der Waals surface area contributed by atoms with Gasteiger partial charge in [0, 0.05) is 25.0 Å². The zero-order chi connectivity index (χ0) is 13.4. The van der Waals surface area contributed by atoms with Crippen LogP contribution in [0.2, 0.25) is 0 Å². The van der Waals surface area contributed by atoms with Crippen LogP contribution in [0.15, 0.2) is 17.5 Å². The van der Waals surface area contributed by atoms with Gasteiger partial charge in [0.25, 0.3) is 0 Å². The van der Waals surface area contributed by atoms with Crippen LogP contribution in [-0.4, -0.2) is 49.4 Å². The molecule has 1 aromatic rings. The summed E-state index contributed by atoms with van der Waals surface area (Å²) >= 11 is 1.74. The van der Waals surface area contributed by atoms with Crippen molar-refractivity contribution in [1.29, 1.82) is 5.26 Å². The number of thiophene rings is 1. The van der Waals surface area contributed by atoms with Gasteiger partial charge >= 0.3 is 0 Å². The molecule has 98 valence electrons. The van der Waals surface area contributed by atoms with Crippen LogP contribution < -0.4 is 0 Å². The molecule has 0 aliphatic rings. The van der Waals surface area contributed by atoms with Gasteiger partial charge in [-0.3, -0.25) is 9.69 Å². The number of nitrogens with zero attached hydrogens (tertiary/aromatic N) is 3. The minimum Gasteiger partial charge on any atom is -0.344 e. The topological polar surface area (TPSA) is 47.3 Å². The van der Waals surface area contributed by atoms with Crippen molar-refractivity contribution in [1.82, 2.24) is 9.80 Å². The fourth-order valence-corrected chi connectivity index (χ4v) is 2.23. The Bertz CT molecular complexity index is 397. The molecule has 0 aliphatic heterocycles. The average molecular weight is 265 g/mol. The fraction of sp³-hybridized carbons (Fsp3) is 0.538. The van der Waals surface area contributed by atoms with Crippen LogP contribution in [0.3, 0.4) is 0 Å². The maximum absolute atomic E-state index is 11.8. The van der Waals surface area contributed by atoms with E-state index in [0.717, 1.165) is 13.0 Å². The molecule has 4 nitrogen and oxygen atoms in total. The molecule has 1 aromatic heterocycles. The van der Waals surface area contributed by atoms with Crippen LogP contribution in [-0.2, 0) is 11.2 Å². The number of nitriles is 1. The zero-order valence-corrected chi connectivity index (χ0v) is 11.7. The number of likely N-dealkylation sites (N-methyl/N-ethyl adjacent to an activating group) is 2. The number of carbonyl (C=O) groups excluding carboxylic acids is 1. The summed E-state index contributed by atoms with van der Waals surface area (Å²) in [5, 5.41) is 10.5. The van der Waals surface area contributed by atoms with E-state index in [4.69, 9.17) is 5.26 Å². The first-order valence-corrected chi connectivity index (χ1v) is 6.83. The summed E-state index contributed by atoms with van der Waals surface area (Å²) in [6.45, 7) is 1.79. The van der Waals surface area contributed by atoms with Crippen molar-refractivity contribution in [2.75, 3.05) is 33.7 Å². The monoisotopic (exact) mass is 265 g/mol. The second-order valence-corrected chi connectivity index (χ2v) is 5.32. The molecule has 0 atom stereocenters. The fourth-order valence-electron chi connectivity index (χ4n) is 1.53. The maximum Gasteiger partial charge on any atom is 0.236 e. The van der Waals surface area contributed by atoms with Gasteiger partial charge in [-0.1, -0.05) is 6.07 Å². The molecular formula is C13H19N3OS. The minimum absolute atomic E-state index is 0.0685. The predicted molar refractivity (Wildman–Crippen MR) is 73.4 cm³/mol. The van der Waals surface area contributed by atoms with Crippen LogP contribution in [0.4, 0.5) is 0 Å². The van der Waals surface area contributed by atoms with E-state index in [0.29, 0.717) is 19.5 Å². The molecule has 0 fully saturated rings. The molecular weight excluding hydrogens is 246 g/mol. The summed E-state index contributed by atoms with van der Waals surface area (Å²) < 4.78 is 0. The third-order valence-electron chi connectivity index (χ3n) is 2.71. The van der Waals surface area contributed by atoms with E-state index in [1.807, 2.05) is 24.1 Å². The maximum atomic E-state index is 11.8. The van der Waals surface area contributed by atoms with Gasteiger partial charge in [-0.2, -0.15) is 5.26 Å². The van der Waals surface area contributed by atoms with Crippen molar-refractivity contribution in [3.8, 4) is 6.07 Å². The highest BCUT2D eigenvalue weighted by Crippen LogP contribution is 2.09. The second kappa shape index (κ2) is 7.85. The molecule has 0 N–H and O–H groups in total. The molecule has 0 spiro atoms. The van der Waals surface area contributed by atoms with Crippen molar-refractivity contribution >= 4 is 17.2 Å². The Morgan fingerprint density at radius 2 is 2.22 bits per heavy atom. The predicted octanol–water partition coefficient (Wildman–Crippen LogP) is 1.59. The van der Waals surface area contributed by atoms with Crippen molar-refractivity contribution in [3.05, 3.63) is 22.4 Å². The first kappa shape index (κ1) is 14.7. The molecule has 0 bridgehead atoms. The Balaban J connectivity index is 2.24. The Kier molecular flexibility index (Phi) is 6.40. The van der Waals surface area contributed by atoms with Crippen molar-refractivity contribution in [2.45, 2.75) is 12.8 Å². The highest BCUT2D eigenvalue weighted by Gasteiger charge is 2.11. The summed E-state index contributed by atoms with van der Waals surface area (Å²) in [6.07, 6.45) is 1.37. The van der Waals surface area contributed by atoms with E-state index in [2.05, 4.69) is 11.4 Å². The van der Waals surface area contributed by atoms with Gasteiger partial charge in [0.2, 0.25) is 5.91 Å². The highest BCUT2D eigenvalue weighted by atomic mass is 32.1. The lowest BCUT2D eigenvalue weighted by atomic mass is 10.3. The molecule has 0 aromatic carbocycles. The standard InChI is InChI=1S/C13H19N3OS/c1-15(9-6-12-5-3-10-18-12)11-13(17)16(2)8-4-7-14/h3,5,10H,4,6,8-9,11H2,1-2H3. The van der Waals surface area contributed by atoms with E-state index >= 15 is 0 Å². The van der Waals surface area contributed by atoms with Gasteiger partial charge in [0.05, 0.1) is 19.0 Å². The van der Waals surface area contributed by atoms with E-state index < -0.39 is 0 Å². The van der Waals surface area contributed by atoms with Gasteiger partial charge in [-0.15, -0.1) is 11.3 Å². The van der Waals surface area contributed by atoms with Gasteiger partial charge < -0.3 is 4.90 Å². The smallest absolute Gasteiger partial charge is 0.236 e. The second-order valence-electron chi connectivity index (χ2n) is 4.29. The molecule has 1 heterocycles. The Morgan fingerprint density at radius 3 is 2.83 bits per heavy atom. The molecule has 0 saturated heterocycles. The Morgan fingerprint density at radius 1 is 1.44 bits per heavy atom. The SMILES string of the molecule is CN(CCc1cccs1)CC(=O)N(C)CCC#N. The van der Waals surface area contributed by atoms with Crippen LogP contribution in [0, 0.1) is 11.3 Å². The van der Waals surface area contributed by atoms with Gasteiger partial charge in [-0.25, -0.2) is 0 Å². The van der Waals surface area contributed by atoms with Gasteiger partial charge in [0.1, 0.15) is 0 Å². The van der Waals surface area contributed by atoms with Gasteiger partial charge in [-0.05, 0) is 24.9 Å². The molecule has 1 rings (SSSR count). The number of hydrogen-bond donors (Lipinski definition) is 0. The Labute approximate surface area is 112 Å². The summed E-state index contributed by atoms with van der Waals surface area (Å²) in [4.78, 5) is 16.8. The van der Waals surface area contributed by atoms with Crippen molar-refractivity contribution in [2.24, 2.45) is 0 Å². The Hall–Kier alpha value is -1.38. The van der Waals surface area contributed by atoms with Crippen LogP contribution >= 0.6 is 11.3 Å². The van der Waals surface area contributed by atoms with Gasteiger partial charge in [0.15, 0.2) is 0 Å². The molecule has 0 radical (unpaired) electrons. The molecule has 0 unspecified atom stereocenters. The lowest BCUT2D eigenvalue weighted by Crippen LogP contribution is -2.37. The van der Waals surface area contributed by atoms with Crippen LogP contribution in [0.1, 0.15) is 11.3 Å². The normalized spacial score (nSPS) is 10.3. The van der Waals surface area contributed by atoms with Crippen molar-refractivity contribution in [3.63, 3.8) is 0 Å². The number of hydrogen-bond acceptors (Lipinski definition) is 4. The van der Waals surface area contributed by atoms with E-state index in [-0.39, 0.29) is 5.91 Å². The molecule has 5 heteroatoms. The quantitative estimate of drug-likeness (QED) is 0.752. The third kappa shape index (κ3) is 5.30. The molecule has 0 saturated carbocycles. The molecule has 0 aliphatic carbocycles. The van der Waals surface area contributed by atoms with Crippen LogP contribution in [0.25, 0.3) is 0 Å². The summed E-state index contributed by atoms with van der Waals surface area (Å²) in [5.74, 6) is 0.0685. The first-order valence-electron chi connectivity index (χ1n) is 5.95. The number of amides is 1. The summed E-state index contributed by atoms with van der Waals surface area (Å²) in [6, 6.07) is 6.20. The lowest BCUT2D eigenvalue weighted by molar-refractivity contribution is -0.130.